The zero-order valence-electron chi connectivity index (χ0n) is 16.5. The molecule has 31 heavy (non-hydrogen) atoms. The van der Waals surface area contributed by atoms with Gasteiger partial charge in [0.25, 0.3) is 5.91 Å². The van der Waals surface area contributed by atoms with Crippen LogP contribution in [0.1, 0.15) is 15.4 Å². The standard InChI is InChI=1S/C22H19Cl2N5OS/c23-16-10-15(11-17(24)12-16)20-3-4-25-21-13-19(26-29(20)21)22(30)28-7-5-27(6-8-28)14-18-2-1-9-31-18/h1-4,9-13H,5-8,14H2. The normalized spacial score (nSPS) is 15.0. The molecule has 4 heterocycles. The zero-order chi connectivity index (χ0) is 21.4. The first-order chi connectivity index (χ1) is 15.1. The maximum Gasteiger partial charge on any atom is 0.274 e. The number of fused-ring (bicyclic) bond motifs is 1. The molecule has 1 amide bonds. The number of aromatic nitrogens is 3. The van der Waals surface area contributed by atoms with Crippen LogP contribution >= 0.6 is 34.5 Å². The molecule has 0 N–H and O–H groups in total. The molecule has 1 aliphatic heterocycles. The van der Waals surface area contributed by atoms with Crippen LogP contribution in [0.3, 0.4) is 0 Å². The third kappa shape index (κ3) is 4.32. The molecule has 0 aliphatic carbocycles. The van der Waals surface area contributed by atoms with Crippen molar-refractivity contribution >= 4 is 46.1 Å². The summed E-state index contributed by atoms with van der Waals surface area (Å²) in [7, 11) is 0. The first-order valence-electron chi connectivity index (χ1n) is 9.92. The molecule has 1 fully saturated rings. The lowest BCUT2D eigenvalue weighted by atomic mass is 10.1. The fourth-order valence-corrected chi connectivity index (χ4v) is 5.09. The second-order valence-electron chi connectivity index (χ2n) is 7.44. The van der Waals surface area contributed by atoms with Gasteiger partial charge in [0, 0.05) is 65.5 Å². The van der Waals surface area contributed by atoms with E-state index in [1.54, 1.807) is 34.2 Å². The topological polar surface area (TPSA) is 53.7 Å². The summed E-state index contributed by atoms with van der Waals surface area (Å²) in [4.78, 5) is 23.1. The summed E-state index contributed by atoms with van der Waals surface area (Å²) in [6.07, 6.45) is 1.69. The van der Waals surface area contributed by atoms with Crippen LogP contribution < -0.4 is 0 Å². The van der Waals surface area contributed by atoms with Crippen molar-refractivity contribution in [2.45, 2.75) is 6.54 Å². The Balaban J connectivity index is 1.35. The molecular weight excluding hydrogens is 453 g/mol. The van der Waals surface area contributed by atoms with E-state index in [2.05, 4.69) is 32.5 Å². The average molecular weight is 472 g/mol. The molecule has 0 unspecified atom stereocenters. The summed E-state index contributed by atoms with van der Waals surface area (Å²) in [6.45, 7) is 4.00. The maximum atomic E-state index is 13.1. The van der Waals surface area contributed by atoms with Gasteiger partial charge in [-0.15, -0.1) is 11.3 Å². The highest BCUT2D eigenvalue weighted by molar-refractivity contribution is 7.09. The largest absolute Gasteiger partial charge is 0.335 e. The molecule has 0 atom stereocenters. The molecule has 158 valence electrons. The molecule has 6 nitrogen and oxygen atoms in total. The van der Waals surface area contributed by atoms with Crippen molar-refractivity contribution in [3.05, 3.63) is 74.7 Å². The van der Waals surface area contributed by atoms with Gasteiger partial charge >= 0.3 is 0 Å². The number of rotatable bonds is 4. The predicted molar refractivity (Wildman–Crippen MR) is 124 cm³/mol. The van der Waals surface area contributed by atoms with Crippen molar-refractivity contribution < 1.29 is 4.79 Å². The smallest absolute Gasteiger partial charge is 0.274 e. The number of nitrogens with zero attached hydrogens (tertiary/aromatic N) is 5. The van der Waals surface area contributed by atoms with Crippen LogP contribution in [0.25, 0.3) is 16.9 Å². The number of carbonyl (C=O) groups excluding carboxylic acids is 1. The molecule has 0 saturated carbocycles. The molecule has 1 aromatic carbocycles. The monoisotopic (exact) mass is 471 g/mol. The second-order valence-corrected chi connectivity index (χ2v) is 9.34. The first kappa shape index (κ1) is 20.5. The van der Waals surface area contributed by atoms with Crippen LogP contribution in [0.15, 0.2) is 54.0 Å². The van der Waals surface area contributed by atoms with E-state index in [4.69, 9.17) is 23.2 Å². The minimum atomic E-state index is -0.0728. The van der Waals surface area contributed by atoms with E-state index in [1.165, 1.54) is 4.88 Å². The highest BCUT2D eigenvalue weighted by Gasteiger charge is 2.25. The lowest BCUT2D eigenvalue weighted by molar-refractivity contribution is 0.0623. The number of amides is 1. The van der Waals surface area contributed by atoms with Gasteiger partial charge in [-0.1, -0.05) is 29.3 Å². The molecule has 5 rings (SSSR count). The minimum Gasteiger partial charge on any atom is -0.335 e. The molecule has 0 bridgehead atoms. The molecule has 4 aromatic rings. The Kier molecular flexibility index (Phi) is 5.67. The summed E-state index contributed by atoms with van der Waals surface area (Å²) < 4.78 is 1.67. The van der Waals surface area contributed by atoms with Crippen LogP contribution in [0.5, 0.6) is 0 Å². The van der Waals surface area contributed by atoms with E-state index in [0.29, 0.717) is 34.5 Å². The third-order valence-corrected chi connectivity index (χ3v) is 6.65. The van der Waals surface area contributed by atoms with Crippen LogP contribution in [-0.4, -0.2) is 56.5 Å². The zero-order valence-corrected chi connectivity index (χ0v) is 18.9. The van der Waals surface area contributed by atoms with Gasteiger partial charge in [0.1, 0.15) is 0 Å². The van der Waals surface area contributed by atoms with Gasteiger partial charge in [-0.25, -0.2) is 9.50 Å². The van der Waals surface area contributed by atoms with Gasteiger partial charge in [0.2, 0.25) is 0 Å². The number of thiophene rings is 1. The molecule has 1 aliphatic rings. The van der Waals surface area contributed by atoms with Crippen LogP contribution in [-0.2, 0) is 6.54 Å². The van der Waals surface area contributed by atoms with E-state index in [9.17, 15) is 4.79 Å². The number of carbonyl (C=O) groups is 1. The summed E-state index contributed by atoms with van der Waals surface area (Å²) in [5.41, 5.74) is 2.58. The second kappa shape index (κ2) is 8.59. The Hall–Kier alpha value is -2.45. The molecule has 0 radical (unpaired) electrons. The SMILES string of the molecule is O=C(c1cc2nccc(-c3cc(Cl)cc(Cl)c3)n2n1)N1CCN(Cc2cccs2)CC1. The van der Waals surface area contributed by atoms with Crippen molar-refractivity contribution in [3.63, 3.8) is 0 Å². The minimum absolute atomic E-state index is 0.0728. The highest BCUT2D eigenvalue weighted by atomic mass is 35.5. The molecule has 9 heteroatoms. The van der Waals surface area contributed by atoms with E-state index >= 15 is 0 Å². The van der Waals surface area contributed by atoms with Gasteiger partial charge in [-0.05, 0) is 35.7 Å². The van der Waals surface area contributed by atoms with Crippen LogP contribution in [0.2, 0.25) is 10.0 Å². The number of benzene rings is 1. The van der Waals surface area contributed by atoms with E-state index < -0.39 is 0 Å². The first-order valence-corrected chi connectivity index (χ1v) is 11.6. The van der Waals surface area contributed by atoms with Gasteiger partial charge in [0.05, 0.1) is 5.69 Å². The summed E-state index contributed by atoms with van der Waals surface area (Å²) in [5.74, 6) is -0.0728. The molecular formula is C22H19Cl2N5OS. The van der Waals surface area contributed by atoms with E-state index in [0.717, 1.165) is 30.9 Å². The number of hydrogen-bond donors (Lipinski definition) is 0. The third-order valence-electron chi connectivity index (χ3n) is 5.35. The van der Waals surface area contributed by atoms with Gasteiger partial charge < -0.3 is 4.90 Å². The Morgan fingerprint density at radius 2 is 1.81 bits per heavy atom. The lowest BCUT2D eigenvalue weighted by Crippen LogP contribution is -2.48. The maximum absolute atomic E-state index is 13.1. The molecule has 3 aromatic heterocycles. The highest BCUT2D eigenvalue weighted by Crippen LogP contribution is 2.27. The van der Waals surface area contributed by atoms with Crippen molar-refractivity contribution in [3.8, 4) is 11.3 Å². The van der Waals surface area contributed by atoms with Crippen molar-refractivity contribution in [2.24, 2.45) is 0 Å². The summed E-state index contributed by atoms with van der Waals surface area (Å²) in [5, 5.41) is 7.74. The average Bonchev–Trinajstić information content (AvgIpc) is 3.42. The predicted octanol–water partition coefficient (Wildman–Crippen LogP) is 4.72. The fraction of sp³-hybridized carbons (Fsp3) is 0.227. The van der Waals surface area contributed by atoms with Gasteiger partial charge in [-0.2, -0.15) is 5.10 Å². The lowest BCUT2D eigenvalue weighted by Gasteiger charge is -2.34. The van der Waals surface area contributed by atoms with Crippen LogP contribution in [0, 0.1) is 0 Å². The fourth-order valence-electron chi connectivity index (χ4n) is 3.81. The van der Waals surface area contributed by atoms with Crippen LogP contribution in [0.4, 0.5) is 0 Å². The Bertz CT molecular complexity index is 1210. The Morgan fingerprint density at radius 3 is 2.52 bits per heavy atom. The summed E-state index contributed by atoms with van der Waals surface area (Å²) >= 11 is 14.1. The van der Waals surface area contributed by atoms with E-state index in [-0.39, 0.29) is 5.91 Å². The Labute approximate surface area is 193 Å². The summed E-state index contributed by atoms with van der Waals surface area (Å²) in [6, 6.07) is 13.1. The quantitative estimate of drug-likeness (QED) is 0.431. The molecule has 0 spiro atoms. The number of piperazine rings is 1. The Morgan fingerprint density at radius 1 is 1.03 bits per heavy atom. The van der Waals surface area contributed by atoms with Crippen molar-refractivity contribution in [1.29, 1.82) is 0 Å². The molecule has 1 saturated heterocycles. The van der Waals surface area contributed by atoms with Crippen molar-refractivity contribution in [1.82, 2.24) is 24.4 Å². The van der Waals surface area contributed by atoms with Gasteiger partial charge in [0.15, 0.2) is 11.3 Å². The number of halogens is 2. The number of hydrogen-bond acceptors (Lipinski definition) is 5. The van der Waals surface area contributed by atoms with Gasteiger partial charge in [-0.3, -0.25) is 9.69 Å². The van der Waals surface area contributed by atoms with Crippen molar-refractivity contribution in [2.75, 3.05) is 26.2 Å². The van der Waals surface area contributed by atoms with E-state index in [1.807, 2.05) is 23.1 Å².